The zero-order valence-electron chi connectivity index (χ0n) is 11.8. The largest absolute Gasteiger partial charge is 0.497 e. The number of aromatic nitrogens is 1. The Morgan fingerprint density at radius 3 is 2.65 bits per heavy atom. The molecular weight excluding hydrogens is 272 g/mol. The zero-order chi connectivity index (χ0) is 14.5. The van der Waals surface area contributed by atoms with Gasteiger partial charge in [0.25, 0.3) is 0 Å². The van der Waals surface area contributed by atoms with Gasteiger partial charge in [0.1, 0.15) is 10.8 Å². The molecule has 2 aromatic rings. The summed E-state index contributed by atoms with van der Waals surface area (Å²) in [6, 6.07) is 7.79. The van der Waals surface area contributed by atoms with Gasteiger partial charge >= 0.3 is 0 Å². The number of nitrogens with zero attached hydrogens (tertiary/aromatic N) is 1. The monoisotopic (exact) mass is 290 g/mol. The van der Waals surface area contributed by atoms with Gasteiger partial charge in [-0.15, -0.1) is 11.3 Å². The topological polar surface area (TPSA) is 51.2 Å². The average Bonchev–Trinajstić information content (AvgIpc) is 2.93. The minimum atomic E-state index is -0.00491. The number of rotatable bonds is 5. The summed E-state index contributed by atoms with van der Waals surface area (Å²) >= 11 is 1.57. The molecule has 5 heteroatoms. The lowest BCUT2D eigenvalue weighted by molar-refractivity contribution is -0.124. The van der Waals surface area contributed by atoms with Crippen molar-refractivity contribution >= 4 is 17.2 Å². The van der Waals surface area contributed by atoms with Gasteiger partial charge in [-0.2, -0.15) is 0 Å². The first-order valence-corrected chi connectivity index (χ1v) is 7.34. The minimum Gasteiger partial charge on any atom is -0.497 e. The number of carbonyl (C=O) groups excluding carboxylic acids is 1. The zero-order valence-corrected chi connectivity index (χ0v) is 12.7. The number of hydrogen-bond donors (Lipinski definition) is 1. The molecule has 0 radical (unpaired) electrons. The van der Waals surface area contributed by atoms with E-state index in [2.05, 4.69) is 10.3 Å². The molecule has 106 valence electrons. The van der Waals surface area contributed by atoms with Crippen LogP contribution in [0.15, 0.2) is 29.6 Å². The standard InChI is InChI=1S/C15H18N2O2S/c1-10(2)14(18)16-8-12-9-20-15(17-12)11-4-6-13(19-3)7-5-11/h4-7,9-10H,8H2,1-3H3,(H,16,18). The summed E-state index contributed by atoms with van der Waals surface area (Å²) in [6.45, 7) is 4.22. The van der Waals surface area contributed by atoms with E-state index < -0.39 is 0 Å². The molecule has 20 heavy (non-hydrogen) atoms. The number of thiazole rings is 1. The van der Waals surface area contributed by atoms with Crippen LogP contribution in [0.2, 0.25) is 0 Å². The first-order chi connectivity index (χ1) is 9.60. The Morgan fingerprint density at radius 2 is 2.05 bits per heavy atom. The number of hydrogen-bond acceptors (Lipinski definition) is 4. The Morgan fingerprint density at radius 1 is 1.35 bits per heavy atom. The molecule has 1 N–H and O–H groups in total. The molecule has 0 spiro atoms. The summed E-state index contributed by atoms with van der Waals surface area (Å²) in [4.78, 5) is 16.0. The van der Waals surface area contributed by atoms with E-state index in [1.165, 1.54) is 0 Å². The van der Waals surface area contributed by atoms with Gasteiger partial charge in [0.05, 0.1) is 19.3 Å². The van der Waals surface area contributed by atoms with Crippen molar-refractivity contribution in [3.63, 3.8) is 0 Å². The van der Waals surface area contributed by atoms with Gasteiger partial charge in [-0.1, -0.05) is 13.8 Å². The third-order valence-corrected chi connectivity index (χ3v) is 3.80. The van der Waals surface area contributed by atoms with E-state index in [1.54, 1.807) is 18.4 Å². The summed E-state index contributed by atoms with van der Waals surface area (Å²) in [7, 11) is 1.65. The Labute approximate surface area is 122 Å². The second-order valence-electron chi connectivity index (χ2n) is 4.75. The number of methoxy groups -OCH3 is 1. The quantitative estimate of drug-likeness (QED) is 0.920. The van der Waals surface area contributed by atoms with Crippen molar-refractivity contribution in [2.45, 2.75) is 20.4 Å². The SMILES string of the molecule is COc1ccc(-c2nc(CNC(=O)C(C)C)cs2)cc1. The number of carbonyl (C=O) groups is 1. The number of benzene rings is 1. The summed E-state index contributed by atoms with van der Waals surface area (Å²) in [6.07, 6.45) is 0. The van der Waals surface area contributed by atoms with Crippen LogP contribution < -0.4 is 10.1 Å². The Bertz CT molecular complexity index is 576. The van der Waals surface area contributed by atoms with Crippen LogP contribution in [0.25, 0.3) is 10.6 Å². The molecule has 1 aromatic heterocycles. The van der Waals surface area contributed by atoms with E-state index in [0.717, 1.165) is 22.0 Å². The van der Waals surface area contributed by atoms with E-state index in [0.29, 0.717) is 6.54 Å². The summed E-state index contributed by atoms with van der Waals surface area (Å²) in [5.74, 6) is 0.869. The van der Waals surface area contributed by atoms with Crippen LogP contribution in [0.5, 0.6) is 5.75 Å². The van der Waals surface area contributed by atoms with Gasteiger partial charge < -0.3 is 10.1 Å². The first kappa shape index (κ1) is 14.5. The molecule has 2 rings (SSSR count). The Hall–Kier alpha value is -1.88. The van der Waals surface area contributed by atoms with E-state index in [4.69, 9.17) is 4.74 Å². The highest BCUT2D eigenvalue weighted by Crippen LogP contribution is 2.25. The number of nitrogens with one attached hydrogen (secondary N) is 1. The van der Waals surface area contributed by atoms with Crippen LogP contribution in [0.3, 0.4) is 0 Å². The van der Waals surface area contributed by atoms with Gasteiger partial charge in [-0.05, 0) is 24.3 Å². The van der Waals surface area contributed by atoms with Crippen molar-refractivity contribution in [3.8, 4) is 16.3 Å². The highest BCUT2D eigenvalue weighted by molar-refractivity contribution is 7.13. The highest BCUT2D eigenvalue weighted by Gasteiger charge is 2.09. The summed E-state index contributed by atoms with van der Waals surface area (Å²) in [5, 5.41) is 5.78. The maximum Gasteiger partial charge on any atom is 0.222 e. The summed E-state index contributed by atoms with van der Waals surface area (Å²) < 4.78 is 5.13. The first-order valence-electron chi connectivity index (χ1n) is 6.46. The fourth-order valence-corrected chi connectivity index (χ4v) is 2.46. The Kier molecular flexibility index (Phi) is 4.74. The molecule has 0 aliphatic carbocycles. The highest BCUT2D eigenvalue weighted by atomic mass is 32.1. The lowest BCUT2D eigenvalue weighted by Gasteiger charge is -2.05. The van der Waals surface area contributed by atoms with Crippen molar-refractivity contribution in [1.29, 1.82) is 0 Å². The van der Waals surface area contributed by atoms with Crippen molar-refractivity contribution < 1.29 is 9.53 Å². The maximum atomic E-state index is 11.5. The molecule has 4 nitrogen and oxygen atoms in total. The molecule has 0 aliphatic rings. The molecule has 0 saturated carbocycles. The average molecular weight is 290 g/mol. The molecule has 0 fully saturated rings. The molecule has 1 aromatic carbocycles. The number of ether oxygens (including phenoxy) is 1. The van der Waals surface area contributed by atoms with Crippen molar-refractivity contribution in [2.24, 2.45) is 5.92 Å². The van der Waals surface area contributed by atoms with Gasteiger partial charge in [0.2, 0.25) is 5.91 Å². The van der Waals surface area contributed by atoms with E-state index in [9.17, 15) is 4.79 Å². The molecule has 0 atom stereocenters. The summed E-state index contributed by atoms with van der Waals surface area (Å²) in [5.41, 5.74) is 1.94. The number of amides is 1. The van der Waals surface area contributed by atoms with E-state index in [1.807, 2.05) is 43.5 Å². The van der Waals surface area contributed by atoms with Crippen LogP contribution in [0.1, 0.15) is 19.5 Å². The fourth-order valence-electron chi connectivity index (χ4n) is 1.64. The van der Waals surface area contributed by atoms with Gasteiger partial charge in [0, 0.05) is 16.9 Å². The lowest BCUT2D eigenvalue weighted by Crippen LogP contribution is -2.27. The third-order valence-electron chi connectivity index (χ3n) is 2.86. The van der Waals surface area contributed by atoms with E-state index in [-0.39, 0.29) is 11.8 Å². The van der Waals surface area contributed by atoms with Crippen molar-refractivity contribution in [3.05, 3.63) is 35.3 Å². The lowest BCUT2D eigenvalue weighted by atomic mass is 10.2. The molecular formula is C15H18N2O2S. The molecule has 0 bridgehead atoms. The fraction of sp³-hybridized carbons (Fsp3) is 0.333. The predicted molar refractivity (Wildman–Crippen MR) is 80.8 cm³/mol. The smallest absolute Gasteiger partial charge is 0.222 e. The third kappa shape index (κ3) is 3.57. The molecule has 0 aliphatic heterocycles. The Balaban J connectivity index is 2.02. The van der Waals surface area contributed by atoms with Crippen LogP contribution >= 0.6 is 11.3 Å². The van der Waals surface area contributed by atoms with Crippen LogP contribution in [0, 0.1) is 5.92 Å². The molecule has 1 amide bonds. The maximum absolute atomic E-state index is 11.5. The van der Waals surface area contributed by atoms with Crippen molar-refractivity contribution in [2.75, 3.05) is 7.11 Å². The molecule has 0 unspecified atom stereocenters. The van der Waals surface area contributed by atoms with Gasteiger partial charge in [0.15, 0.2) is 0 Å². The van der Waals surface area contributed by atoms with Crippen LogP contribution in [-0.4, -0.2) is 18.0 Å². The van der Waals surface area contributed by atoms with E-state index >= 15 is 0 Å². The molecule has 0 saturated heterocycles. The van der Waals surface area contributed by atoms with Gasteiger partial charge in [-0.25, -0.2) is 4.98 Å². The van der Waals surface area contributed by atoms with Crippen LogP contribution in [0.4, 0.5) is 0 Å². The normalized spacial score (nSPS) is 10.6. The second-order valence-corrected chi connectivity index (χ2v) is 5.60. The molecule has 1 heterocycles. The predicted octanol–water partition coefficient (Wildman–Crippen LogP) is 3.09. The van der Waals surface area contributed by atoms with Gasteiger partial charge in [-0.3, -0.25) is 4.79 Å². The minimum absolute atomic E-state index is 0.00491. The van der Waals surface area contributed by atoms with Crippen LogP contribution in [-0.2, 0) is 11.3 Å². The van der Waals surface area contributed by atoms with Crippen molar-refractivity contribution in [1.82, 2.24) is 10.3 Å². The second kappa shape index (κ2) is 6.52.